The molecule has 1 amide bonds. The topological polar surface area (TPSA) is 125 Å². The molecule has 0 aliphatic heterocycles. The molecule has 1 aliphatic carbocycles. The SMILES string of the molecule is CNC(=O)C1(C)C=C[C@@H](n2cnc3c(NCc4cccc(Cl)c4)nc(C#Cc4ccc5ccc6cccc7ccc4c5c67)nc32)[C@H](O)[C@@H]1O. The van der Waals surface area contributed by atoms with Crippen molar-refractivity contribution in [1.29, 1.82) is 0 Å². The van der Waals surface area contributed by atoms with E-state index in [9.17, 15) is 15.0 Å². The Balaban J connectivity index is 1.24. The lowest BCUT2D eigenvalue weighted by atomic mass is 9.74. The van der Waals surface area contributed by atoms with Crippen LogP contribution in [0.25, 0.3) is 43.5 Å². The van der Waals surface area contributed by atoms with Crippen molar-refractivity contribution in [3.05, 3.63) is 119 Å². The maximum absolute atomic E-state index is 12.6. The van der Waals surface area contributed by atoms with Gasteiger partial charge < -0.3 is 25.4 Å². The van der Waals surface area contributed by atoms with Crippen LogP contribution in [0.1, 0.15) is 29.9 Å². The van der Waals surface area contributed by atoms with Crippen LogP contribution in [0.3, 0.4) is 0 Å². The van der Waals surface area contributed by atoms with Gasteiger partial charge in [0.15, 0.2) is 17.0 Å². The Morgan fingerprint density at radius 2 is 1.69 bits per heavy atom. The molecule has 0 fully saturated rings. The number of aliphatic hydroxyl groups is 2. The number of aromatic nitrogens is 4. The van der Waals surface area contributed by atoms with Gasteiger partial charge in [-0.15, -0.1) is 0 Å². The largest absolute Gasteiger partial charge is 0.389 e. The van der Waals surface area contributed by atoms with Crippen LogP contribution in [-0.2, 0) is 11.3 Å². The molecule has 0 saturated carbocycles. The van der Waals surface area contributed by atoms with E-state index >= 15 is 0 Å². The number of nitrogens with zero attached hydrogens (tertiary/aromatic N) is 4. The van der Waals surface area contributed by atoms with Crippen molar-refractivity contribution in [3.8, 4) is 11.8 Å². The highest BCUT2D eigenvalue weighted by atomic mass is 35.5. The number of anilines is 1. The first-order chi connectivity index (χ1) is 23.7. The van der Waals surface area contributed by atoms with Crippen molar-refractivity contribution in [2.24, 2.45) is 5.41 Å². The molecule has 2 heterocycles. The van der Waals surface area contributed by atoms with Crippen molar-refractivity contribution in [1.82, 2.24) is 24.8 Å². The zero-order valence-corrected chi connectivity index (χ0v) is 27.4. The fourth-order valence-corrected chi connectivity index (χ4v) is 7.12. The van der Waals surface area contributed by atoms with Gasteiger partial charge in [-0.2, -0.15) is 0 Å². The maximum atomic E-state index is 12.6. The van der Waals surface area contributed by atoms with Crippen LogP contribution in [0, 0.1) is 17.3 Å². The van der Waals surface area contributed by atoms with Crippen LogP contribution in [0.4, 0.5) is 5.82 Å². The predicted molar refractivity (Wildman–Crippen MR) is 193 cm³/mol. The van der Waals surface area contributed by atoms with E-state index in [1.807, 2.05) is 30.3 Å². The molecule has 1 aliphatic rings. The van der Waals surface area contributed by atoms with E-state index in [1.165, 1.54) is 28.6 Å². The predicted octanol–water partition coefficient (Wildman–Crippen LogP) is 5.97. The number of fused-ring (bicyclic) bond motifs is 1. The average Bonchev–Trinajstić information content (AvgIpc) is 3.54. The minimum absolute atomic E-state index is 0.249. The second kappa shape index (κ2) is 11.9. The third kappa shape index (κ3) is 5.13. The van der Waals surface area contributed by atoms with Gasteiger partial charge >= 0.3 is 0 Å². The van der Waals surface area contributed by atoms with E-state index < -0.39 is 29.6 Å². The second-order valence-electron chi connectivity index (χ2n) is 12.6. The molecule has 4 N–H and O–H groups in total. The number of rotatable bonds is 5. The third-order valence-corrected chi connectivity index (χ3v) is 9.81. The number of amides is 1. The fourth-order valence-electron chi connectivity index (χ4n) is 6.90. The molecule has 0 saturated heterocycles. The first-order valence-corrected chi connectivity index (χ1v) is 16.3. The van der Waals surface area contributed by atoms with E-state index in [1.54, 1.807) is 30.0 Å². The Morgan fingerprint density at radius 1 is 0.959 bits per heavy atom. The van der Waals surface area contributed by atoms with Gasteiger partial charge in [0.25, 0.3) is 0 Å². The van der Waals surface area contributed by atoms with E-state index in [0.29, 0.717) is 28.5 Å². The van der Waals surface area contributed by atoms with Gasteiger partial charge in [0.1, 0.15) is 6.10 Å². The zero-order chi connectivity index (χ0) is 33.9. The van der Waals surface area contributed by atoms with Gasteiger partial charge in [0, 0.05) is 24.2 Å². The monoisotopic (exact) mass is 666 g/mol. The highest BCUT2D eigenvalue weighted by Crippen LogP contribution is 2.38. The summed E-state index contributed by atoms with van der Waals surface area (Å²) >= 11 is 6.24. The van der Waals surface area contributed by atoms with Crippen LogP contribution in [0.2, 0.25) is 5.02 Å². The van der Waals surface area contributed by atoms with E-state index in [4.69, 9.17) is 21.6 Å². The average molecular weight is 667 g/mol. The number of hydrogen-bond donors (Lipinski definition) is 4. The summed E-state index contributed by atoms with van der Waals surface area (Å²) in [7, 11) is 1.50. The summed E-state index contributed by atoms with van der Waals surface area (Å²) in [5, 5.41) is 35.9. The highest BCUT2D eigenvalue weighted by molar-refractivity contribution is 6.30. The summed E-state index contributed by atoms with van der Waals surface area (Å²) in [6, 6.07) is 25.7. The second-order valence-corrected chi connectivity index (χ2v) is 13.0. The molecule has 2 aromatic heterocycles. The fraction of sp³-hybridized carbons (Fsp3) is 0.179. The molecule has 0 bridgehead atoms. The van der Waals surface area contributed by atoms with Crippen molar-refractivity contribution in [3.63, 3.8) is 0 Å². The zero-order valence-electron chi connectivity index (χ0n) is 26.6. The number of carbonyl (C=O) groups is 1. The van der Waals surface area contributed by atoms with Crippen molar-refractivity contribution < 1.29 is 15.0 Å². The normalized spacial score (nSPS) is 20.6. The van der Waals surface area contributed by atoms with Crippen LogP contribution in [0.5, 0.6) is 0 Å². The molecule has 10 heteroatoms. The molecular formula is C39H31ClN6O3. The van der Waals surface area contributed by atoms with Gasteiger partial charge in [0.2, 0.25) is 11.7 Å². The lowest BCUT2D eigenvalue weighted by Gasteiger charge is -2.39. The van der Waals surface area contributed by atoms with Crippen molar-refractivity contribution >= 4 is 66.8 Å². The standard InChI is InChI=1S/C39H31ClN6O3/c1-39(38(49)41-2)18-17-29(34(47)35(39)48)46-21-43-33-36(42-20-22-5-3-8-27(40)19-22)44-30(45-37(33)46)16-14-23-9-10-26-12-11-24-6-4-7-25-13-15-28(23)32(26)31(24)25/h3-13,15,17-19,21,29,34-35,47-48H,20H2,1-2H3,(H,41,49)(H,42,44,45)/t29-,34+,35+,39?/m1/s1. The molecule has 9 nitrogen and oxygen atoms in total. The summed E-state index contributed by atoms with van der Waals surface area (Å²) in [5.74, 6) is 6.82. The Hall–Kier alpha value is -5.53. The summed E-state index contributed by atoms with van der Waals surface area (Å²) in [6.07, 6.45) is 2.17. The molecule has 0 radical (unpaired) electrons. The van der Waals surface area contributed by atoms with Gasteiger partial charge in [0.05, 0.1) is 23.9 Å². The highest BCUT2D eigenvalue weighted by Gasteiger charge is 2.47. The van der Waals surface area contributed by atoms with E-state index in [0.717, 1.165) is 21.9 Å². The van der Waals surface area contributed by atoms with E-state index in [-0.39, 0.29) is 5.82 Å². The first-order valence-electron chi connectivity index (χ1n) is 15.9. The number of nitrogens with one attached hydrogen (secondary N) is 2. The Kier molecular flexibility index (Phi) is 7.45. The lowest BCUT2D eigenvalue weighted by molar-refractivity contribution is -0.140. The number of aliphatic hydroxyl groups excluding tert-OH is 2. The van der Waals surface area contributed by atoms with Crippen LogP contribution in [-0.4, -0.2) is 54.9 Å². The minimum atomic E-state index is -1.38. The Labute approximate surface area is 286 Å². The smallest absolute Gasteiger partial charge is 0.232 e. The summed E-state index contributed by atoms with van der Waals surface area (Å²) in [5.41, 5.74) is 1.36. The quantitative estimate of drug-likeness (QED) is 0.101. The number of benzene rings is 5. The van der Waals surface area contributed by atoms with Crippen LogP contribution in [0.15, 0.2) is 97.3 Å². The van der Waals surface area contributed by atoms with E-state index in [2.05, 4.69) is 76.0 Å². The Morgan fingerprint density at radius 3 is 2.47 bits per heavy atom. The number of hydrogen-bond acceptors (Lipinski definition) is 7. The number of carbonyl (C=O) groups excluding carboxylic acids is 1. The third-order valence-electron chi connectivity index (χ3n) is 9.57. The molecule has 242 valence electrons. The van der Waals surface area contributed by atoms with Gasteiger partial charge in [-0.25, -0.2) is 15.0 Å². The van der Waals surface area contributed by atoms with Crippen LogP contribution >= 0.6 is 11.6 Å². The molecule has 7 aromatic rings. The molecule has 8 rings (SSSR count). The summed E-state index contributed by atoms with van der Waals surface area (Å²) in [6.45, 7) is 2.00. The van der Waals surface area contributed by atoms with Crippen LogP contribution < -0.4 is 10.6 Å². The Bertz CT molecular complexity index is 2500. The number of imidazole rings is 1. The molecule has 49 heavy (non-hydrogen) atoms. The maximum Gasteiger partial charge on any atom is 0.232 e. The molecule has 5 aromatic carbocycles. The van der Waals surface area contributed by atoms with Gasteiger partial charge in [-0.05, 0) is 68.9 Å². The van der Waals surface area contributed by atoms with Gasteiger partial charge in [-0.3, -0.25) is 4.79 Å². The number of halogens is 1. The summed E-state index contributed by atoms with van der Waals surface area (Å²) < 4.78 is 1.68. The molecule has 4 atom stereocenters. The molecule has 0 spiro atoms. The first kappa shape index (κ1) is 30.8. The minimum Gasteiger partial charge on any atom is -0.389 e. The summed E-state index contributed by atoms with van der Waals surface area (Å²) in [4.78, 5) is 26.8. The van der Waals surface area contributed by atoms with Gasteiger partial charge in [-0.1, -0.05) is 90.3 Å². The lowest BCUT2D eigenvalue weighted by Crippen LogP contribution is -2.53. The molecular weight excluding hydrogens is 636 g/mol. The van der Waals surface area contributed by atoms with Crippen molar-refractivity contribution in [2.75, 3.05) is 12.4 Å². The molecule has 1 unspecified atom stereocenters. The van der Waals surface area contributed by atoms with Crippen molar-refractivity contribution in [2.45, 2.75) is 31.7 Å².